The van der Waals surface area contributed by atoms with E-state index in [2.05, 4.69) is 29.6 Å². The van der Waals surface area contributed by atoms with E-state index in [9.17, 15) is 4.79 Å². The first-order chi connectivity index (χ1) is 10.7. The van der Waals surface area contributed by atoms with Crippen LogP contribution in [0.2, 0.25) is 0 Å². The van der Waals surface area contributed by atoms with E-state index in [0.717, 1.165) is 48.0 Å². The predicted octanol–water partition coefficient (Wildman–Crippen LogP) is 3.29. The molecule has 0 N–H and O–H groups in total. The highest BCUT2D eigenvalue weighted by atomic mass is 16.5. The molecule has 22 heavy (non-hydrogen) atoms. The normalized spacial score (nSPS) is 14.7. The van der Waals surface area contributed by atoms with Crippen molar-refractivity contribution in [1.29, 1.82) is 0 Å². The quantitative estimate of drug-likeness (QED) is 0.736. The third-order valence-electron chi connectivity index (χ3n) is 4.42. The largest absolute Gasteiger partial charge is 0.497 e. The van der Waals surface area contributed by atoms with Crippen molar-refractivity contribution >= 4 is 17.2 Å². The van der Waals surface area contributed by atoms with Crippen LogP contribution in [0, 0.1) is 0 Å². The second-order valence-corrected chi connectivity index (χ2v) is 6.38. The average Bonchev–Trinajstić information content (AvgIpc) is 3.30. The van der Waals surface area contributed by atoms with Gasteiger partial charge in [0.15, 0.2) is 6.29 Å². The highest BCUT2D eigenvalue weighted by Gasteiger charge is 2.31. The van der Waals surface area contributed by atoms with Gasteiger partial charge in [-0.05, 0) is 64.0 Å². The monoisotopic (exact) mass is 300 g/mol. The van der Waals surface area contributed by atoms with E-state index in [0.29, 0.717) is 5.92 Å². The van der Waals surface area contributed by atoms with E-state index < -0.39 is 0 Å². The molecule has 1 saturated carbocycles. The molecule has 4 heteroatoms. The number of methoxy groups -OCH3 is 1. The Hall–Kier alpha value is -1.81. The van der Waals surface area contributed by atoms with Crippen molar-refractivity contribution in [2.24, 2.45) is 0 Å². The molecule has 0 aliphatic heterocycles. The molecule has 0 atom stereocenters. The van der Waals surface area contributed by atoms with Gasteiger partial charge < -0.3 is 14.2 Å². The number of rotatable bonds is 7. The lowest BCUT2D eigenvalue weighted by Crippen LogP contribution is -2.15. The number of nitrogens with zero attached hydrogens (tertiary/aromatic N) is 2. The first kappa shape index (κ1) is 15.1. The number of carbonyl (C=O) groups is 1. The van der Waals surface area contributed by atoms with Crippen LogP contribution < -0.4 is 4.74 Å². The molecule has 0 radical (unpaired) electrons. The Morgan fingerprint density at radius 1 is 1.36 bits per heavy atom. The molecule has 1 aliphatic carbocycles. The Morgan fingerprint density at radius 3 is 2.73 bits per heavy atom. The van der Waals surface area contributed by atoms with Crippen LogP contribution in [0.1, 0.15) is 41.2 Å². The van der Waals surface area contributed by atoms with Gasteiger partial charge in [-0.2, -0.15) is 0 Å². The van der Waals surface area contributed by atoms with Gasteiger partial charge >= 0.3 is 0 Å². The van der Waals surface area contributed by atoms with Gasteiger partial charge in [-0.3, -0.25) is 4.79 Å². The van der Waals surface area contributed by atoms with Gasteiger partial charge in [0.2, 0.25) is 0 Å². The molecule has 4 nitrogen and oxygen atoms in total. The number of benzene rings is 1. The van der Waals surface area contributed by atoms with Gasteiger partial charge in [0.25, 0.3) is 0 Å². The number of carbonyl (C=O) groups excluding carboxylic acids is 1. The van der Waals surface area contributed by atoms with Crippen LogP contribution in [0.15, 0.2) is 18.2 Å². The first-order valence-electron chi connectivity index (χ1n) is 7.95. The smallest absolute Gasteiger partial charge is 0.152 e. The Balaban J connectivity index is 2.07. The third-order valence-corrected chi connectivity index (χ3v) is 4.42. The molecule has 2 aromatic rings. The Labute approximate surface area is 131 Å². The summed E-state index contributed by atoms with van der Waals surface area (Å²) < 4.78 is 7.69. The fourth-order valence-electron chi connectivity index (χ4n) is 3.21. The van der Waals surface area contributed by atoms with Crippen molar-refractivity contribution in [2.45, 2.75) is 31.7 Å². The molecule has 1 aromatic carbocycles. The number of fused-ring (bicyclic) bond motifs is 1. The Morgan fingerprint density at radius 2 is 2.14 bits per heavy atom. The molecular weight excluding hydrogens is 276 g/mol. The summed E-state index contributed by atoms with van der Waals surface area (Å²) in [5.74, 6) is 1.36. The maximum atomic E-state index is 11.7. The van der Waals surface area contributed by atoms with E-state index in [1.807, 2.05) is 12.1 Å². The van der Waals surface area contributed by atoms with Crippen molar-refractivity contribution < 1.29 is 9.53 Å². The molecular formula is C18H24N2O2. The SMILES string of the molecule is COc1ccc2c(c1)c(C=O)c(C1CC1)n2CCCN(C)C. The summed E-state index contributed by atoms with van der Waals surface area (Å²) in [6.45, 7) is 2.01. The minimum atomic E-state index is 0.554. The number of hydrogen-bond donors (Lipinski definition) is 0. The average molecular weight is 300 g/mol. The van der Waals surface area contributed by atoms with Gasteiger partial charge in [-0.25, -0.2) is 0 Å². The van der Waals surface area contributed by atoms with Crippen LogP contribution in [0.5, 0.6) is 5.75 Å². The van der Waals surface area contributed by atoms with Crippen LogP contribution in [0.3, 0.4) is 0 Å². The third kappa shape index (κ3) is 2.75. The zero-order chi connectivity index (χ0) is 15.7. The summed E-state index contributed by atoms with van der Waals surface area (Å²) in [4.78, 5) is 13.9. The van der Waals surface area contributed by atoms with Crippen molar-refractivity contribution in [3.8, 4) is 5.75 Å². The van der Waals surface area contributed by atoms with Gasteiger partial charge in [0.05, 0.1) is 7.11 Å². The second kappa shape index (κ2) is 6.13. The summed E-state index contributed by atoms with van der Waals surface area (Å²) in [6.07, 6.45) is 4.50. The summed E-state index contributed by atoms with van der Waals surface area (Å²) in [7, 11) is 5.85. The molecule has 3 rings (SSSR count). The number of hydrogen-bond acceptors (Lipinski definition) is 3. The lowest BCUT2D eigenvalue weighted by Gasteiger charge is -2.13. The number of aldehydes is 1. The zero-order valence-electron chi connectivity index (χ0n) is 13.6. The van der Waals surface area contributed by atoms with E-state index in [1.54, 1.807) is 7.11 Å². The molecule has 1 aliphatic rings. The van der Waals surface area contributed by atoms with Crippen LogP contribution >= 0.6 is 0 Å². The summed E-state index contributed by atoms with van der Waals surface area (Å²) in [5.41, 5.74) is 3.25. The van der Waals surface area contributed by atoms with Crippen LogP contribution in [-0.4, -0.2) is 43.5 Å². The molecule has 0 spiro atoms. The molecule has 118 valence electrons. The molecule has 0 unspecified atom stereocenters. The Bertz CT molecular complexity index is 684. The second-order valence-electron chi connectivity index (χ2n) is 6.38. The molecule has 1 aromatic heterocycles. The van der Waals surface area contributed by atoms with Crippen molar-refractivity contribution in [1.82, 2.24) is 9.47 Å². The maximum absolute atomic E-state index is 11.7. The van der Waals surface area contributed by atoms with Gasteiger partial charge in [-0.15, -0.1) is 0 Å². The minimum absolute atomic E-state index is 0.554. The minimum Gasteiger partial charge on any atom is -0.497 e. The zero-order valence-corrected chi connectivity index (χ0v) is 13.6. The molecule has 1 fully saturated rings. The van der Waals surface area contributed by atoms with Crippen LogP contribution in [0.25, 0.3) is 10.9 Å². The summed E-state index contributed by atoms with van der Waals surface area (Å²) in [6, 6.07) is 6.06. The van der Waals surface area contributed by atoms with Crippen LogP contribution in [0.4, 0.5) is 0 Å². The summed E-state index contributed by atoms with van der Waals surface area (Å²) >= 11 is 0. The van der Waals surface area contributed by atoms with Gasteiger partial charge in [-0.1, -0.05) is 0 Å². The summed E-state index contributed by atoms with van der Waals surface area (Å²) in [5, 5.41) is 1.03. The number of ether oxygens (including phenoxy) is 1. The standard InChI is InChI=1S/C18H24N2O2/c1-19(2)9-4-10-20-17-8-7-14(22-3)11-15(17)16(12-21)18(20)13-5-6-13/h7-8,11-13H,4-6,9-10H2,1-3H3. The predicted molar refractivity (Wildman–Crippen MR) is 89.0 cm³/mol. The lowest BCUT2D eigenvalue weighted by molar-refractivity contribution is 0.112. The van der Waals surface area contributed by atoms with Crippen LogP contribution in [-0.2, 0) is 6.54 Å². The number of aromatic nitrogens is 1. The maximum Gasteiger partial charge on any atom is 0.152 e. The number of aryl methyl sites for hydroxylation is 1. The highest BCUT2D eigenvalue weighted by molar-refractivity contribution is 6.00. The fourth-order valence-corrected chi connectivity index (χ4v) is 3.21. The van der Waals surface area contributed by atoms with Gasteiger partial charge in [0, 0.05) is 28.7 Å². The van der Waals surface area contributed by atoms with Crippen molar-refractivity contribution in [3.05, 3.63) is 29.5 Å². The fraction of sp³-hybridized carbons (Fsp3) is 0.500. The van der Waals surface area contributed by atoms with Crippen molar-refractivity contribution in [3.63, 3.8) is 0 Å². The first-order valence-corrected chi connectivity index (χ1v) is 7.95. The molecule has 0 amide bonds. The molecule has 0 bridgehead atoms. The lowest BCUT2D eigenvalue weighted by atomic mass is 10.1. The highest BCUT2D eigenvalue weighted by Crippen LogP contribution is 2.45. The topological polar surface area (TPSA) is 34.5 Å². The van der Waals surface area contributed by atoms with E-state index in [-0.39, 0.29) is 0 Å². The molecule has 0 saturated heterocycles. The van der Waals surface area contributed by atoms with E-state index in [4.69, 9.17) is 4.74 Å². The molecule has 1 heterocycles. The van der Waals surface area contributed by atoms with E-state index >= 15 is 0 Å². The Kier molecular flexibility index (Phi) is 4.21. The van der Waals surface area contributed by atoms with E-state index in [1.165, 1.54) is 18.5 Å². The van der Waals surface area contributed by atoms with Gasteiger partial charge in [0.1, 0.15) is 5.75 Å². The van der Waals surface area contributed by atoms with Crippen molar-refractivity contribution in [2.75, 3.05) is 27.7 Å².